The van der Waals surface area contributed by atoms with Crippen molar-refractivity contribution in [2.75, 3.05) is 20.1 Å². The highest BCUT2D eigenvalue weighted by Crippen LogP contribution is 2.57. The van der Waals surface area contributed by atoms with Crippen LogP contribution >= 0.6 is 0 Å². The Kier molecular flexibility index (Phi) is 3.63. The molecule has 1 unspecified atom stereocenters. The Morgan fingerprint density at radius 1 is 1.12 bits per heavy atom. The summed E-state index contributed by atoms with van der Waals surface area (Å²) in [6.07, 6.45) is -4.86. The molecule has 0 aromatic rings. The van der Waals surface area contributed by atoms with E-state index in [1.54, 1.807) is 25.7 Å². The van der Waals surface area contributed by atoms with Crippen LogP contribution in [0.3, 0.4) is 0 Å². The predicted molar refractivity (Wildman–Crippen MR) is 79.1 cm³/mol. The summed E-state index contributed by atoms with van der Waals surface area (Å²) in [6.45, 7) is 6.07. The van der Waals surface area contributed by atoms with Crippen LogP contribution in [0.1, 0.15) is 33.6 Å². The van der Waals surface area contributed by atoms with Gasteiger partial charge in [0, 0.05) is 26.1 Å². The van der Waals surface area contributed by atoms with E-state index in [1.807, 2.05) is 0 Å². The van der Waals surface area contributed by atoms with Crippen molar-refractivity contribution in [3.05, 3.63) is 0 Å². The van der Waals surface area contributed by atoms with Gasteiger partial charge in [-0.05, 0) is 45.4 Å². The molecule has 3 aliphatic rings. The number of likely N-dealkylation sites (tertiary alicyclic amines) is 1. The zero-order chi connectivity index (χ0) is 18.1. The molecular formula is C16H23F3N2O3. The van der Waals surface area contributed by atoms with E-state index in [0.717, 1.165) is 4.90 Å². The summed E-state index contributed by atoms with van der Waals surface area (Å²) in [7, 11) is 1.25. The lowest BCUT2D eigenvalue weighted by molar-refractivity contribution is -0.197. The fraction of sp³-hybridized carbons (Fsp3) is 0.875. The van der Waals surface area contributed by atoms with Crippen molar-refractivity contribution in [2.24, 2.45) is 17.8 Å². The summed E-state index contributed by atoms with van der Waals surface area (Å²) in [5.41, 5.74) is -2.56. The molecule has 1 heterocycles. The molecule has 0 N–H and O–H groups in total. The van der Waals surface area contributed by atoms with Gasteiger partial charge < -0.3 is 14.5 Å². The SMILES string of the molecule is CN(C(=O)C1[C@H]2CN(C(=O)OC(C)(C)C)C[C@@H]12)C1(C(F)(F)F)CC1. The molecule has 0 spiro atoms. The van der Waals surface area contributed by atoms with Crippen molar-refractivity contribution in [3.63, 3.8) is 0 Å². The third-order valence-corrected chi connectivity index (χ3v) is 5.35. The first kappa shape index (κ1) is 17.4. The quantitative estimate of drug-likeness (QED) is 0.771. The molecule has 0 aromatic carbocycles. The van der Waals surface area contributed by atoms with Gasteiger partial charge in [0.25, 0.3) is 0 Å². The molecule has 2 amide bonds. The third-order valence-electron chi connectivity index (χ3n) is 5.35. The van der Waals surface area contributed by atoms with E-state index < -0.39 is 35.2 Å². The van der Waals surface area contributed by atoms with Crippen LogP contribution in [-0.2, 0) is 9.53 Å². The number of hydrogen-bond acceptors (Lipinski definition) is 3. The van der Waals surface area contributed by atoms with Gasteiger partial charge in [-0.2, -0.15) is 13.2 Å². The second-order valence-corrected chi connectivity index (χ2v) is 8.17. The standard InChI is InChI=1S/C16H23F3N2O3/c1-14(2,3)24-13(23)21-7-9-10(8-21)11(9)12(22)20(4)15(5-6-15)16(17,18)19/h9-11H,5-8H2,1-4H3/t9-,10+,11?. The van der Waals surface area contributed by atoms with Crippen LogP contribution in [0.4, 0.5) is 18.0 Å². The summed E-state index contributed by atoms with van der Waals surface area (Å²) >= 11 is 0. The van der Waals surface area contributed by atoms with E-state index in [0.29, 0.717) is 13.1 Å². The number of alkyl halides is 3. The highest BCUT2D eigenvalue weighted by atomic mass is 19.4. The molecule has 136 valence electrons. The van der Waals surface area contributed by atoms with Gasteiger partial charge in [-0.1, -0.05) is 0 Å². The normalized spacial score (nSPS) is 30.6. The van der Waals surface area contributed by atoms with Gasteiger partial charge in [0.15, 0.2) is 0 Å². The molecule has 1 saturated heterocycles. The summed E-state index contributed by atoms with van der Waals surface area (Å²) in [4.78, 5) is 26.9. The maximum atomic E-state index is 13.1. The number of fused-ring (bicyclic) bond motifs is 1. The number of nitrogens with zero attached hydrogens (tertiary/aromatic N) is 2. The van der Waals surface area contributed by atoms with E-state index in [-0.39, 0.29) is 24.7 Å². The smallest absolute Gasteiger partial charge is 0.411 e. The Morgan fingerprint density at radius 3 is 2.00 bits per heavy atom. The molecule has 3 fully saturated rings. The van der Waals surface area contributed by atoms with Crippen LogP contribution in [0.15, 0.2) is 0 Å². The highest BCUT2D eigenvalue weighted by Gasteiger charge is 2.70. The maximum Gasteiger partial charge on any atom is 0.411 e. The largest absolute Gasteiger partial charge is 0.444 e. The lowest BCUT2D eigenvalue weighted by atomic mass is 10.1. The molecule has 5 nitrogen and oxygen atoms in total. The summed E-state index contributed by atoms with van der Waals surface area (Å²) in [6, 6.07) is 0. The third kappa shape index (κ3) is 2.73. The highest BCUT2D eigenvalue weighted by molar-refractivity contribution is 5.84. The number of piperidine rings is 1. The van der Waals surface area contributed by atoms with Crippen molar-refractivity contribution in [1.82, 2.24) is 9.80 Å². The summed E-state index contributed by atoms with van der Waals surface area (Å²) in [5, 5.41) is 0. The van der Waals surface area contributed by atoms with Crippen molar-refractivity contribution in [2.45, 2.75) is 50.9 Å². The topological polar surface area (TPSA) is 49.9 Å². The first-order valence-electron chi connectivity index (χ1n) is 8.20. The fourth-order valence-electron chi connectivity index (χ4n) is 3.73. The maximum absolute atomic E-state index is 13.1. The average Bonchev–Trinajstić information content (AvgIpc) is 3.31. The van der Waals surface area contributed by atoms with Gasteiger partial charge >= 0.3 is 12.3 Å². The molecule has 0 aromatic heterocycles. The lowest BCUT2D eigenvalue weighted by Crippen LogP contribution is -2.50. The molecular weight excluding hydrogens is 325 g/mol. The molecule has 24 heavy (non-hydrogen) atoms. The summed E-state index contributed by atoms with van der Waals surface area (Å²) in [5.74, 6) is -0.926. The number of amides is 2. The Bertz CT molecular complexity index is 554. The van der Waals surface area contributed by atoms with Crippen molar-refractivity contribution < 1.29 is 27.5 Å². The van der Waals surface area contributed by atoms with Gasteiger partial charge in [0.2, 0.25) is 5.91 Å². The van der Waals surface area contributed by atoms with Crippen molar-refractivity contribution in [3.8, 4) is 0 Å². The van der Waals surface area contributed by atoms with Crippen molar-refractivity contribution in [1.29, 1.82) is 0 Å². The van der Waals surface area contributed by atoms with E-state index in [4.69, 9.17) is 4.74 Å². The van der Waals surface area contributed by atoms with E-state index in [2.05, 4.69) is 0 Å². The molecule has 0 bridgehead atoms. The number of hydrogen-bond donors (Lipinski definition) is 0. The first-order chi connectivity index (χ1) is 10.9. The minimum atomic E-state index is -4.38. The molecule has 2 saturated carbocycles. The molecule has 3 rings (SSSR count). The second kappa shape index (κ2) is 5.02. The van der Waals surface area contributed by atoms with Gasteiger partial charge in [-0.25, -0.2) is 4.79 Å². The zero-order valence-corrected chi connectivity index (χ0v) is 14.3. The minimum absolute atomic E-state index is 0.0230. The first-order valence-corrected chi connectivity index (χ1v) is 8.20. The van der Waals surface area contributed by atoms with E-state index in [1.165, 1.54) is 7.05 Å². The fourth-order valence-corrected chi connectivity index (χ4v) is 3.73. The molecule has 1 aliphatic heterocycles. The van der Waals surface area contributed by atoms with Crippen molar-refractivity contribution >= 4 is 12.0 Å². The Labute approximate surface area is 139 Å². The Balaban J connectivity index is 1.56. The number of halogens is 3. The zero-order valence-electron chi connectivity index (χ0n) is 14.3. The van der Waals surface area contributed by atoms with Gasteiger partial charge in [-0.15, -0.1) is 0 Å². The average molecular weight is 348 g/mol. The van der Waals surface area contributed by atoms with Crippen LogP contribution in [0, 0.1) is 17.8 Å². The van der Waals surface area contributed by atoms with E-state index in [9.17, 15) is 22.8 Å². The lowest BCUT2D eigenvalue weighted by Gasteiger charge is -2.31. The Morgan fingerprint density at radius 2 is 1.62 bits per heavy atom. The molecule has 2 aliphatic carbocycles. The van der Waals surface area contributed by atoms with Crippen LogP contribution in [0.25, 0.3) is 0 Å². The van der Waals surface area contributed by atoms with Gasteiger partial charge in [0.1, 0.15) is 11.1 Å². The molecule has 0 radical (unpaired) electrons. The number of rotatable bonds is 2. The minimum Gasteiger partial charge on any atom is -0.444 e. The van der Waals surface area contributed by atoms with Gasteiger partial charge in [-0.3, -0.25) is 4.79 Å². The van der Waals surface area contributed by atoms with E-state index >= 15 is 0 Å². The van der Waals surface area contributed by atoms with Crippen LogP contribution in [0.2, 0.25) is 0 Å². The summed E-state index contributed by atoms with van der Waals surface area (Å²) < 4.78 is 44.7. The number of carbonyl (C=O) groups excluding carboxylic acids is 2. The number of carbonyl (C=O) groups is 2. The second-order valence-electron chi connectivity index (χ2n) is 8.17. The monoisotopic (exact) mass is 348 g/mol. The molecule has 8 heteroatoms. The predicted octanol–water partition coefficient (Wildman–Crippen LogP) is 2.65. The molecule has 3 atom stereocenters. The van der Waals surface area contributed by atoms with Gasteiger partial charge in [0.05, 0.1) is 0 Å². The van der Waals surface area contributed by atoms with Crippen LogP contribution in [0.5, 0.6) is 0 Å². The van der Waals surface area contributed by atoms with Crippen LogP contribution < -0.4 is 0 Å². The Hall–Kier alpha value is -1.47. The number of ether oxygens (including phenoxy) is 1. The van der Waals surface area contributed by atoms with Crippen LogP contribution in [-0.4, -0.2) is 59.3 Å².